The van der Waals surface area contributed by atoms with Gasteiger partial charge in [-0.15, -0.1) is 0 Å². The summed E-state index contributed by atoms with van der Waals surface area (Å²) in [4.78, 5) is 13.6. The van der Waals surface area contributed by atoms with Crippen LogP contribution in [0, 0.1) is 5.92 Å². The molecule has 104 valence electrons. The molecule has 1 aromatic rings. The maximum atomic E-state index is 12.0. The van der Waals surface area contributed by atoms with E-state index in [9.17, 15) is 4.79 Å². The Morgan fingerprint density at radius 3 is 2.84 bits per heavy atom. The second-order valence-corrected chi connectivity index (χ2v) is 4.57. The summed E-state index contributed by atoms with van der Waals surface area (Å²) in [5.41, 5.74) is 0.763. The molecule has 1 unspecified atom stereocenters. The normalized spacial score (nSPS) is 18.9. The molecule has 1 aromatic carbocycles. The van der Waals surface area contributed by atoms with Gasteiger partial charge in [0.25, 0.3) is 0 Å². The fourth-order valence-electron chi connectivity index (χ4n) is 2.17. The molecular weight excluding hydrogens is 246 g/mol. The van der Waals surface area contributed by atoms with Crippen molar-refractivity contribution >= 4 is 11.6 Å². The summed E-state index contributed by atoms with van der Waals surface area (Å²) in [5, 5.41) is 9.16. The van der Waals surface area contributed by atoms with Gasteiger partial charge in [0, 0.05) is 32.6 Å². The SMILES string of the molecule is COCCOc1ccccc1N1CC(CO)CC1=O. The molecule has 0 saturated carbocycles. The molecule has 5 heteroatoms. The van der Waals surface area contributed by atoms with Crippen LogP contribution in [-0.2, 0) is 9.53 Å². The molecule has 1 heterocycles. The van der Waals surface area contributed by atoms with Crippen LogP contribution in [0.25, 0.3) is 0 Å². The van der Waals surface area contributed by atoms with Crippen LogP contribution in [0.3, 0.4) is 0 Å². The lowest BCUT2D eigenvalue weighted by Gasteiger charge is -2.20. The van der Waals surface area contributed by atoms with Gasteiger partial charge < -0.3 is 19.5 Å². The Morgan fingerprint density at radius 2 is 2.16 bits per heavy atom. The first-order valence-corrected chi connectivity index (χ1v) is 6.38. The standard InChI is InChI=1S/C14H19NO4/c1-18-6-7-19-13-5-3-2-4-12(13)15-9-11(10-16)8-14(15)17/h2-5,11,16H,6-10H2,1H3. The molecule has 1 amide bonds. The van der Waals surface area contributed by atoms with Crippen molar-refractivity contribution in [3.8, 4) is 5.75 Å². The first-order valence-electron chi connectivity index (χ1n) is 6.38. The number of rotatable bonds is 6. The Kier molecular flexibility index (Phi) is 4.76. The van der Waals surface area contributed by atoms with E-state index in [2.05, 4.69) is 0 Å². The number of carbonyl (C=O) groups is 1. The molecule has 1 aliphatic heterocycles. The largest absolute Gasteiger partial charge is 0.489 e. The van der Waals surface area contributed by atoms with Crippen LogP contribution in [0.15, 0.2) is 24.3 Å². The first-order chi connectivity index (χ1) is 9.26. The number of aliphatic hydroxyl groups is 1. The Morgan fingerprint density at radius 1 is 1.37 bits per heavy atom. The molecule has 1 saturated heterocycles. The van der Waals surface area contributed by atoms with Crippen LogP contribution in [0.4, 0.5) is 5.69 Å². The molecule has 2 rings (SSSR count). The van der Waals surface area contributed by atoms with Gasteiger partial charge in [0.1, 0.15) is 12.4 Å². The lowest BCUT2D eigenvalue weighted by molar-refractivity contribution is -0.117. The van der Waals surface area contributed by atoms with Gasteiger partial charge in [-0.3, -0.25) is 4.79 Å². The molecule has 0 aromatic heterocycles. The number of nitrogens with zero attached hydrogens (tertiary/aromatic N) is 1. The molecule has 0 spiro atoms. The third-order valence-electron chi connectivity index (χ3n) is 3.16. The quantitative estimate of drug-likeness (QED) is 0.781. The van der Waals surface area contributed by atoms with E-state index in [4.69, 9.17) is 14.6 Å². The van der Waals surface area contributed by atoms with Gasteiger partial charge in [0.05, 0.1) is 12.3 Å². The second-order valence-electron chi connectivity index (χ2n) is 4.57. The summed E-state index contributed by atoms with van der Waals surface area (Å²) in [7, 11) is 1.62. The molecule has 5 nitrogen and oxygen atoms in total. The van der Waals surface area contributed by atoms with Gasteiger partial charge in [-0.25, -0.2) is 0 Å². The summed E-state index contributed by atoms with van der Waals surface area (Å²) in [5.74, 6) is 0.716. The zero-order valence-corrected chi connectivity index (χ0v) is 11.0. The minimum absolute atomic E-state index is 0.0135. The van der Waals surface area contributed by atoms with Crippen molar-refractivity contribution < 1.29 is 19.4 Å². The third kappa shape index (κ3) is 3.24. The number of hydrogen-bond acceptors (Lipinski definition) is 4. The Hall–Kier alpha value is -1.59. The number of para-hydroxylation sites is 2. The van der Waals surface area contributed by atoms with Crippen LogP contribution >= 0.6 is 0 Å². The monoisotopic (exact) mass is 265 g/mol. The van der Waals surface area contributed by atoms with Crippen LogP contribution in [0.2, 0.25) is 0 Å². The Bertz CT molecular complexity index is 435. The van der Waals surface area contributed by atoms with Crippen molar-refractivity contribution in [3.63, 3.8) is 0 Å². The molecule has 1 aliphatic rings. The van der Waals surface area contributed by atoms with E-state index >= 15 is 0 Å². The number of benzene rings is 1. The molecule has 19 heavy (non-hydrogen) atoms. The summed E-state index contributed by atoms with van der Waals surface area (Å²) in [6.45, 7) is 1.52. The first kappa shape index (κ1) is 13.8. The van der Waals surface area contributed by atoms with Gasteiger partial charge in [-0.2, -0.15) is 0 Å². The van der Waals surface area contributed by atoms with Gasteiger partial charge in [0.15, 0.2) is 0 Å². The fourth-order valence-corrected chi connectivity index (χ4v) is 2.17. The molecule has 0 bridgehead atoms. The van der Waals surface area contributed by atoms with Crippen molar-refractivity contribution in [2.45, 2.75) is 6.42 Å². The van der Waals surface area contributed by atoms with E-state index in [1.807, 2.05) is 24.3 Å². The van der Waals surface area contributed by atoms with E-state index < -0.39 is 0 Å². The predicted octanol–water partition coefficient (Wildman–Crippen LogP) is 1.06. The molecule has 0 radical (unpaired) electrons. The summed E-state index contributed by atoms with van der Waals surface area (Å²) >= 11 is 0. The average Bonchev–Trinajstić information content (AvgIpc) is 2.81. The summed E-state index contributed by atoms with van der Waals surface area (Å²) in [6, 6.07) is 7.44. The summed E-state index contributed by atoms with van der Waals surface area (Å²) < 4.78 is 10.6. The highest BCUT2D eigenvalue weighted by atomic mass is 16.5. The van der Waals surface area contributed by atoms with Crippen molar-refractivity contribution in [1.29, 1.82) is 0 Å². The number of methoxy groups -OCH3 is 1. The minimum Gasteiger partial charge on any atom is -0.489 e. The number of aliphatic hydroxyl groups excluding tert-OH is 1. The smallest absolute Gasteiger partial charge is 0.227 e. The fraction of sp³-hybridized carbons (Fsp3) is 0.500. The lowest BCUT2D eigenvalue weighted by atomic mass is 10.1. The van der Waals surface area contributed by atoms with E-state index in [0.717, 1.165) is 5.69 Å². The van der Waals surface area contributed by atoms with Crippen LogP contribution in [0.5, 0.6) is 5.75 Å². The number of anilines is 1. The van der Waals surface area contributed by atoms with Gasteiger partial charge >= 0.3 is 0 Å². The Balaban J connectivity index is 2.13. The lowest BCUT2D eigenvalue weighted by Crippen LogP contribution is -2.25. The number of carbonyl (C=O) groups excluding carboxylic acids is 1. The van der Waals surface area contributed by atoms with Crippen molar-refractivity contribution in [3.05, 3.63) is 24.3 Å². The average molecular weight is 265 g/mol. The maximum Gasteiger partial charge on any atom is 0.227 e. The molecule has 1 fully saturated rings. The van der Waals surface area contributed by atoms with Crippen molar-refractivity contribution in [2.75, 3.05) is 38.4 Å². The molecule has 1 N–H and O–H groups in total. The van der Waals surface area contributed by atoms with Crippen LogP contribution < -0.4 is 9.64 Å². The van der Waals surface area contributed by atoms with E-state index in [1.165, 1.54) is 0 Å². The van der Waals surface area contributed by atoms with E-state index in [-0.39, 0.29) is 18.4 Å². The zero-order valence-electron chi connectivity index (χ0n) is 11.0. The van der Waals surface area contributed by atoms with Crippen LogP contribution in [0.1, 0.15) is 6.42 Å². The van der Waals surface area contributed by atoms with E-state index in [0.29, 0.717) is 31.9 Å². The topological polar surface area (TPSA) is 59.0 Å². The highest BCUT2D eigenvalue weighted by Gasteiger charge is 2.31. The van der Waals surface area contributed by atoms with E-state index in [1.54, 1.807) is 12.0 Å². The highest BCUT2D eigenvalue weighted by molar-refractivity contribution is 5.97. The third-order valence-corrected chi connectivity index (χ3v) is 3.16. The van der Waals surface area contributed by atoms with Crippen molar-refractivity contribution in [1.82, 2.24) is 0 Å². The molecule has 0 aliphatic carbocycles. The number of ether oxygens (including phenoxy) is 2. The maximum absolute atomic E-state index is 12.0. The predicted molar refractivity (Wildman–Crippen MR) is 71.4 cm³/mol. The summed E-state index contributed by atoms with van der Waals surface area (Å²) in [6.07, 6.45) is 0.392. The minimum atomic E-state index is 0.0135. The molecule has 1 atom stereocenters. The van der Waals surface area contributed by atoms with Gasteiger partial charge in [-0.1, -0.05) is 12.1 Å². The highest BCUT2D eigenvalue weighted by Crippen LogP contribution is 2.32. The Labute approximate surface area is 112 Å². The van der Waals surface area contributed by atoms with Crippen molar-refractivity contribution in [2.24, 2.45) is 5.92 Å². The number of amides is 1. The van der Waals surface area contributed by atoms with Gasteiger partial charge in [0.2, 0.25) is 5.91 Å². The van der Waals surface area contributed by atoms with Crippen LogP contribution in [-0.4, -0.2) is 44.5 Å². The second kappa shape index (κ2) is 6.54. The molecular formula is C14H19NO4. The number of hydrogen-bond donors (Lipinski definition) is 1. The zero-order chi connectivity index (χ0) is 13.7. The van der Waals surface area contributed by atoms with Gasteiger partial charge in [-0.05, 0) is 12.1 Å².